The van der Waals surface area contributed by atoms with Gasteiger partial charge in [0.2, 0.25) is 5.88 Å². The molecule has 9 rings (SSSR count). The average Bonchev–Trinajstić information content (AvgIpc) is 3.72. The van der Waals surface area contributed by atoms with Gasteiger partial charge in [0.1, 0.15) is 41.0 Å². The second-order valence-corrected chi connectivity index (χ2v) is 13.4. The van der Waals surface area contributed by atoms with Gasteiger partial charge >= 0.3 is 6.01 Å². The van der Waals surface area contributed by atoms with Crippen molar-refractivity contribution in [1.82, 2.24) is 25.2 Å². The maximum Gasteiger partial charge on any atom is 0.319 e. The van der Waals surface area contributed by atoms with E-state index in [0.717, 1.165) is 38.6 Å². The Balaban J connectivity index is 1.24. The number of terminal acetylenes is 1. The number of alkyl halides is 1. The minimum absolute atomic E-state index is 0.0118. The van der Waals surface area contributed by atoms with Gasteiger partial charge < -0.3 is 19.7 Å². The third kappa shape index (κ3) is 4.19. The number of hydrogen-bond donors (Lipinski definition) is 1. The molecule has 4 aromatic rings. The summed E-state index contributed by atoms with van der Waals surface area (Å²) < 4.78 is 59.1. The van der Waals surface area contributed by atoms with Crippen LogP contribution in [0.5, 0.6) is 11.9 Å². The minimum atomic E-state index is -0.906. The van der Waals surface area contributed by atoms with E-state index >= 15 is 4.39 Å². The minimum Gasteiger partial charge on any atom is -0.477 e. The lowest BCUT2D eigenvalue weighted by Gasteiger charge is -2.43. The molecule has 4 saturated heterocycles. The summed E-state index contributed by atoms with van der Waals surface area (Å²) in [6.07, 6.45) is 9.85. The molecule has 236 valence electrons. The van der Waals surface area contributed by atoms with Crippen LogP contribution < -0.4 is 19.7 Å². The first-order chi connectivity index (χ1) is 22.4. The number of ether oxygens (including phenoxy) is 2. The van der Waals surface area contributed by atoms with Crippen LogP contribution >= 0.6 is 0 Å². The quantitative estimate of drug-likeness (QED) is 0.312. The Labute approximate surface area is 264 Å². The molecule has 2 bridgehead atoms. The summed E-state index contributed by atoms with van der Waals surface area (Å²) in [7, 11) is 0. The molecule has 46 heavy (non-hydrogen) atoms. The fourth-order valence-corrected chi connectivity index (χ4v) is 8.76. The number of pyridine rings is 1. The smallest absolute Gasteiger partial charge is 0.319 e. The predicted octanol–water partition coefficient (Wildman–Crippen LogP) is 5.15. The van der Waals surface area contributed by atoms with Crippen LogP contribution in [0.15, 0.2) is 30.3 Å². The fraction of sp³-hybridized carbons (Fsp3) is 0.457. The zero-order chi connectivity index (χ0) is 31.2. The van der Waals surface area contributed by atoms with Crippen molar-refractivity contribution in [2.45, 2.75) is 68.4 Å². The number of rotatable bonds is 4. The first-order valence-corrected chi connectivity index (χ1v) is 16.2. The lowest BCUT2D eigenvalue weighted by molar-refractivity contribution is 0.107. The highest BCUT2D eigenvalue weighted by Gasteiger charge is 2.50. The average molecular weight is 627 g/mol. The summed E-state index contributed by atoms with van der Waals surface area (Å²) in [5.41, 5.74) is -0.0766. The number of halogens is 3. The van der Waals surface area contributed by atoms with Crippen molar-refractivity contribution < 1.29 is 22.6 Å². The van der Waals surface area contributed by atoms with Gasteiger partial charge in [0.15, 0.2) is 5.82 Å². The van der Waals surface area contributed by atoms with E-state index in [4.69, 9.17) is 25.9 Å². The van der Waals surface area contributed by atoms with E-state index in [0.29, 0.717) is 53.7 Å². The van der Waals surface area contributed by atoms with E-state index in [1.807, 2.05) is 0 Å². The number of hydrogen-bond acceptors (Lipinski definition) is 8. The van der Waals surface area contributed by atoms with Crippen LogP contribution in [0.2, 0.25) is 0 Å². The van der Waals surface area contributed by atoms with E-state index < -0.39 is 23.3 Å². The van der Waals surface area contributed by atoms with Gasteiger partial charge in [-0.05, 0) is 43.7 Å². The maximum absolute atomic E-state index is 17.1. The standard InChI is InChI=1S/C35H33F3N6O2/c1-2-22-24(37)9-7-19-5-3-6-23(27(19)22)30-29(38)31-28-32(42-34(41-31)46-18-35-12-4-13-43(35)16-20(36)15-35)44-17-21-8-10-25(39-21)26(44)11-14-45-33(28)40-30/h1,3,5-7,9,20-21,25-26,39H,4,8,10-18H2/t20-,21-,25+,26-,35+/m1/s1. The van der Waals surface area contributed by atoms with Crippen molar-refractivity contribution >= 4 is 27.5 Å². The SMILES string of the molecule is C#Cc1c(F)ccc2cccc(-c3nc4c5c(nc(OC[C@@]67CCCN6C[C@H](F)C7)nc5c3F)N3C[C@H]5CC[C@H](N5)[C@H]3CCO4)c12. The predicted molar refractivity (Wildman–Crippen MR) is 168 cm³/mol. The second kappa shape index (κ2) is 10.4. The Morgan fingerprint density at radius 3 is 2.89 bits per heavy atom. The highest BCUT2D eigenvalue weighted by atomic mass is 19.1. The van der Waals surface area contributed by atoms with Crippen LogP contribution in [-0.4, -0.2) is 82.5 Å². The van der Waals surface area contributed by atoms with Gasteiger partial charge in [-0.25, -0.2) is 18.2 Å². The Morgan fingerprint density at radius 2 is 2.00 bits per heavy atom. The summed E-state index contributed by atoms with van der Waals surface area (Å²) in [4.78, 5) is 18.7. The molecule has 0 radical (unpaired) electrons. The number of nitrogens with zero attached hydrogens (tertiary/aromatic N) is 5. The summed E-state index contributed by atoms with van der Waals surface area (Å²) >= 11 is 0. The number of nitrogens with one attached hydrogen (secondary N) is 1. The first kappa shape index (κ1) is 28.1. The number of anilines is 1. The third-order valence-electron chi connectivity index (χ3n) is 10.8. The maximum atomic E-state index is 17.1. The molecule has 5 aliphatic rings. The van der Waals surface area contributed by atoms with E-state index in [-0.39, 0.29) is 53.4 Å². The molecule has 1 N–H and O–H groups in total. The van der Waals surface area contributed by atoms with Crippen LogP contribution in [0, 0.1) is 24.0 Å². The van der Waals surface area contributed by atoms with E-state index in [1.54, 1.807) is 24.3 Å². The van der Waals surface area contributed by atoms with Gasteiger partial charge in [-0.2, -0.15) is 9.97 Å². The molecule has 4 fully saturated rings. The molecule has 8 nitrogen and oxygen atoms in total. The molecule has 5 aliphatic heterocycles. The topological polar surface area (TPSA) is 75.6 Å². The van der Waals surface area contributed by atoms with Gasteiger partial charge in [0.25, 0.3) is 0 Å². The Kier molecular flexibility index (Phi) is 6.38. The highest BCUT2D eigenvalue weighted by Crippen LogP contribution is 2.45. The molecular weight excluding hydrogens is 593 g/mol. The van der Waals surface area contributed by atoms with Crippen molar-refractivity contribution in [3.8, 4) is 35.5 Å². The van der Waals surface area contributed by atoms with Crippen LogP contribution in [0.4, 0.5) is 19.0 Å². The highest BCUT2D eigenvalue weighted by molar-refractivity contribution is 6.03. The Hall–Kier alpha value is -4.14. The number of fused-ring (bicyclic) bond motifs is 7. The largest absolute Gasteiger partial charge is 0.477 e. The lowest BCUT2D eigenvalue weighted by atomic mass is 9.95. The van der Waals surface area contributed by atoms with Crippen molar-refractivity contribution in [2.75, 3.05) is 37.7 Å². The molecule has 2 aromatic heterocycles. The summed E-state index contributed by atoms with van der Waals surface area (Å²) in [5, 5.41) is 5.16. The normalized spacial score (nSPS) is 28.4. The van der Waals surface area contributed by atoms with E-state index in [1.165, 1.54) is 6.07 Å². The van der Waals surface area contributed by atoms with Crippen LogP contribution in [0.3, 0.4) is 0 Å². The second-order valence-electron chi connectivity index (χ2n) is 13.4. The van der Waals surface area contributed by atoms with Crippen molar-refractivity contribution in [3.05, 3.63) is 47.5 Å². The zero-order valence-corrected chi connectivity index (χ0v) is 25.2. The van der Waals surface area contributed by atoms with Gasteiger partial charge in [-0.1, -0.05) is 30.2 Å². The summed E-state index contributed by atoms with van der Waals surface area (Å²) in [5.74, 6) is 1.92. The Bertz CT molecular complexity index is 1950. The number of piperazine rings is 1. The summed E-state index contributed by atoms with van der Waals surface area (Å²) in [6, 6.07) is 8.84. The molecule has 0 spiro atoms. The Morgan fingerprint density at radius 1 is 1.09 bits per heavy atom. The molecular formula is C35H33F3N6O2. The number of aromatic nitrogens is 3. The van der Waals surface area contributed by atoms with Gasteiger partial charge in [0.05, 0.1) is 17.7 Å². The first-order valence-electron chi connectivity index (χ1n) is 16.2. The van der Waals surface area contributed by atoms with Crippen LogP contribution in [-0.2, 0) is 0 Å². The van der Waals surface area contributed by atoms with Gasteiger partial charge in [-0.3, -0.25) is 4.90 Å². The van der Waals surface area contributed by atoms with E-state index in [9.17, 15) is 8.78 Å². The van der Waals surface area contributed by atoms with Crippen LogP contribution in [0.1, 0.15) is 44.1 Å². The fourth-order valence-electron chi connectivity index (χ4n) is 8.76. The van der Waals surface area contributed by atoms with Crippen molar-refractivity contribution in [2.24, 2.45) is 0 Å². The monoisotopic (exact) mass is 626 g/mol. The molecule has 7 heterocycles. The lowest BCUT2D eigenvalue weighted by Crippen LogP contribution is -2.59. The molecule has 0 saturated carbocycles. The van der Waals surface area contributed by atoms with Crippen molar-refractivity contribution in [1.29, 1.82) is 0 Å². The number of benzene rings is 2. The van der Waals surface area contributed by atoms with E-state index in [2.05, 4.69) is 26.0 Å². The molecule has 5 atom stereocenters. The molecule has 11 heteroatoms. The zero-order valence-electron chi connectivity index (χ0n) is 25.2. The summed E-state index contributed by atoms with van der Waals surface area (Å²) in [6.45, 7) is 2.51. The van der Waals surface area contributed by atoms with Crippen molar-refractivity contribution in [3.63, 3.8) is 0 Å². The molecule has 0 aliphatic carbocycles. The molecule has 0 amide bonds. The third-order valence-corrected chi connectivity index (χ3v) is 10.8. The molecule has 0 unspecified atom stereocenters. The molecule has 2 aromatic carbocycles. The van der Waals surface area contributed by atoms with Crippen LogP contribution in [0.25, 0.3) is 32.9 Å². The van der Waals surface area contributed by atoms with Gasteiger partial charge in [-0.15, -0.1) is 6.42 Å². The van der Waals surface area contributed by atoms with Gasteiger partial charge in [0, 0.05) is 55.0 Å².